The first kappa shape index (κ1) is 21.1. The highest BCUT2D eigenvalue weighted by Gasteiger charge is 2.34. The van der Waals surface area contributed by atoms with Crippen molar-refractivity contribution in [1.29, 1.82) is 0 Å². The number of nitrogens with zero attached hydrogens (tertiary/aromatic N) is 2. The average molecular weight is 336 g/mol. The Morgan fingerprint density at radius 1 is 1.27 bits per heavy atom. The second-order valence-electron chi connectivity index (χ2n) is 6.12. The van der Waals surface area contributed by atoms with Crippen molar-refractivity contribution in [3.63, 3.8) is 0 Å². The molecule has 1 heterocycles. The Kier molecular flexibility index (Phi) is 8.96. The number of piperazine rings is 1. The van der Waals surface area contributed by atoms with Gasteiger partial charge in [0.25, 0.3) is 0 Å². The summed E-state index contributed by atoms with van der Waals surface area (Å²) in [5, 5.41) is 0. The second-order valence-corrected chi connectivity index (χ2v) is 6.12. The lowest BCUT2D eigenvalue weighted by molar-refractivity contribution is -0.143. The van der Waals surface area contributed by atoms with E-state index in [9.17, 15) is 9.59 Å². The Balaban J connectivity index is 0.00000441. The summed E-state index contributed by atoms with van der Waals surface area (Å²) in [5.74, 6) is -0.164. The van der Waals surface area contributed by atoms with E-state index in [0.717, 1.165) is 19.5 Å². The van der Waals surface area contributed by atoms with Crippen LogP contribution in [-0.4, -0.2) is 66.5 Å². The summed E-state index contributed by atoms with van der Waals surface area (Å²) in [5.41, 5.74) is 5.34. The van der Waals surface area contributed by atoms with E-state index in [1.165, 1.54) is 7.11 Å². The number of rotatable bonds is 6. The lowest BCUT2D eigenvalue weighted by Crippen LogP contribution is -2.59. The highest BCUT2D eigenvalue weighted by atomic mass is 35.5. The van der Waals surface area contributed by atoms with Gasteiger partial charge in [0, 0.05) is 32.2 Å². The van der Waals surface area contributed by atoms with Crippen LogP contribution in [0.4, 0.5) is 0 Å². The maximum Gasteiger partial charge on any atom is 0.307 e. The third kappa shape index (κ3) is 5.74. The van der Waals surface area contributed by atoms with Crippen molar-refractivity contribution in [2.24, 2.45) is 5.73 Å². The number of carbonyl (C=O) groups is 2. The van der Waals surface area contributed by atoms with Crippen molar-refractivity contribution in [3.8, 4) is 0 Å². The molecule has 2 unspecified atom stereocenters. The van der Waals surface area contributed by atoms with Crippen molar-refractivity contribution in [2.45, 2.75) is 51.6 Å². The molecule has 0 bridgehead atoms. The van der Waals surface area contributed by atoms with Crippen LogP contribution in [0.3, 0.4) is 0 Å². The molecule has 1 fully saturated rings. The van der Waals surface area contributed by atoms with Gasteiger partial charge in [-0.2, -0.15) is 0 Å². The molecule has 0 aromatic heterocycles. The van der Waals surface area contributed by atoms with E-state index in [1.807, 2.05) is 25.7 Å². The molecule has 0 radical (unpaired) electrons. The number of amides is 1. The Hall–Kier alpha value is -0.850. The molecular formula is C15H30ClN3O3. The zero-order valence-electron chi connectivity index (χ0n) is 14.1. The highest BCUT2D eigenvalue weighted by molar-refractivity contribution is 5.86. The van der Waals surface area contributed by atoms with Crippen LogP contribution < -0.4 is 5.73 Å². The Morgan fingerprint density at radius 2 is 1.82 bits per heavy atom. The third-order valence-electron chi connectivity index (χ3n) is 4.17. The quantitative estimate of drug-likeness (QED) is 0.733. The molecule has 130 valence electrons. The van der Waals surface area contributed by atoms with Gasteiger partial charge in [0.05, 0.1) is 19.1 Å². The molecule has 2 atom stereocenters. The normalized spacial score (nSPS) is 19.8. The number of ether oxygens (including phenoxy) is 1. The standard InChI is InChI=1S/C15H29N3O3.ClH/c1-5-6-15(3,16)14(20)18-9-7-17(8-10-18)12(2)11-13(19)21-4;/h12H,5-11,16H2,1-4H3;1H. The number of nitrogens with two attached hydrogens (primary N) is 1. The van der Waals surface area contributed by atoms with E-state index in [4.69, 9.17) is 10.5 Å². The largest absolute Gasteiger partial charge is 0.469 e. The lowest BCUT2D eigenvalue weighted by Gasteiger charge is -2.40. The maximum absolute atomic E-state index is 12.4. The van der Waals surface area contributed by atoms with Crippen LogP contribution in [0.5, 0.6) is 0 Å². The lowest BCUT2D eigenvalue weighted by atomic mass is 9.95. The highest BCUT2D eigenvalue weighted by Crippen LogP contribution is 2.16. The van der Waals surface area contributed by atoms with Crippen molar-refractivity contribution in [3.05, 3.63) is 0 Å². The van der Waals surface area contributed by atoms with Crippen LogP contribution >= 0.6 is 12.4 Å². The van der Waals surface area contributed by atoms with Gasteiger partial charge in [-0.3, -0.25) is 14.5 Å². The third-order valence-corrected chi connectivity index (χ3v) is 4.17. The van der Waals surface area contributed by atoms with E-state index in [1.54, 1.807) is 0 Å². The van der Waals surface area contributed by atoms with Gasteiger partial charge in [-0.15, -0.1) is 12.4 Å². The second kappa shape index (κ2) is 9.33. The van der Waals surface area contributed by atoms with Crippen molar-refractivity contribution >= 4 is 24.3 Å². The summed E-state index contributed by atoms with van der Waals surface area (Å²) in [7, 11) is 1.40. The first-order valence-electron chi connectivity index (χ1n) is 7.71. The first-order valence-corrected chi connectivity index (χ1v) is 7.71. The summed E-state index contributed by atoms with van der Waals surface area (Å²) >= 11 is 0. The fraction of sp³-hybridized carbons (Fsp3) is 0.867. The molecule has 0 spiro atoms. The van der Waals surface area contributed by atoms with Crippen molar-refractivity contribution in [1.82, 2.24) is 9.80 Å². The minimum absolute atomic E-state index is 0. The van der Waals surface area contributed by atoms with E-state index >= 15 is 0 Å². The zero-order chi connectivity index (χ0) is 16.0. The van der Waals surface area contributed by atoms with Crippen LogP contribution in [0.25, 0.3) is 0 Å². The fourth-order valence-electron chi connectivity index (χ4n) is 2.81. The van der Waals surface area contributed by atoms with Crippen LogP contribution in [0, 0.1) is 0 Å². The van der Waals surface area contributed by atoms with Crippen LogP contribution in [-0.2, 0) is 14.3 Å². The predicted molar refractivity (Wildman–Crippen MR) is 89.0 cm³/mol. The number of hydrogen-bond donors (Lipinski definition) is 1. The molecule has 0 aliphatic carbocycles. The zero-order valence-corrected chi connectivity index (χ0v) is 14.9. The summed E-state index contributed by atoms with van der Waals surface area (Å²) in [4.78, 5) is 27.8. The molecule has 7 heteroatoms. The summed E-state index contributed by atoms with van der Waals surface area (Å²) in [6, 6.07) is 0.134. The number of halogens is 1. The van der Waals surface area contributed by atoms with E-state index in [0.29, 0.717) is 25.9 Å². The number of carbonyl (C=O) groups excluding carboxylic acids is 2. The van der Waals surface area contributed by atoms with Gasteiger partial charge in [-0.05, 0) is 20.3 Å². The van der Waals surface area contributed by atoms with Crippen molar-refractivity contribution in [2.75, 3.05) is 33.3 Å². The molecular weight excluding hydrogens is 306 g/mol. The van der Waals surface area contributed by atoms with Gasteiger partial charge >= 0.3 is 5.97 Å². The minimum Gasteiger partial charge on any atom is -0.469 e. The smallest absolute Gasteiger partial charge is 0.307 e. The molecule has 1 aliphatic heterocycles. The number of methoxy groups -OCH3 is 1. The Bertz CT molecular complexity index is 369. The number of hydrogen-bond acceptors (Lipinski definition) is 5. The molecule has 0 saturated carbocycles. The molecule has 1 aliphatic rings. The fourth-order valence-corrected chi connectivity index (χ4v) is 2.81. The van der Waals surface area contributed by atoms with Crippen LogP contribution in [0.15, 0.2) is 0 Å². The average Bonchev–Trinajstić information content (AvgIpc) is 2.46. The van der Waals surface area contributed by atoms with E-state index in [-0.39, 0.29) is 30.3 Å². The summed E-state index contributed by atoms with van der Waals surface area (Å²) in [6.07, 6.45) is 1.98. The molecule has 0 aromatic carbocycles. The number of esters is 1. The van der Waals surface area contributed by atoms with Crippen LogP contribution in [0.1, 0.15) is 40.0 Å². The van der Waals surface area contributed by atoms with Gasteiger partial charge in [-0.25, -0.2) is 0 Å². The molecule has 22 heavy (non-hydrogen) atoms. The van der Waals surface area contributed by atoms with Crippen LogP contribution in [0.2, 0.25) is 0 Å². The minimum atomic E-state index is -0.769. The molecule has 1 amide bonds. The summed E-state index contributed by atoms with van der Waals surface area (Å²) < 4.78 is 4.70. The van der Waals surface area contributed by atoms with Gasteiger partial charge in [0.15, 0.2) is 0 Å². The molecule has 1 rings (SSSR count). The topological polar surface area (TPSA) is 75.9 Å². The molecule has 6 nitrogen and oxygen atoms in total. The maximum atomic E-state index is 12.4. The Labute approximate surface area is 139 Å². The Morgan fingerprint density at radius 3 is 2.27 bits per heavy atom. The van der Waals surface area contributed by atoms with Gasteiger partial charge in [-0.1, -0.05) is 13.3 Å². The summed E-state index contributed by atoms with van der Waals surface area (Å²) in [6.45, 7) is 8.73. The van der Waals surface area contributed by atoms with E-state index < -0.39 is 5.54 Å². The van der Waals surface area contributed by atoms with Gasteiger partial charge in [0.2, 0.25) is 5.91 Å². The molecule has 2 N–H and O–H groups in total. The molecule has 0 aromatic rings. The van der Waals surface area contributed by atoms with Gasteiger partial charge in [0.1, 0.15) is 0 Å². The van der Waals surface area contributed by atoms with Gasteiger partial charge < -0.3 is 15.4 Å². The monoisotopic (exact) mass is 335 g/mol. The van der Waals surface area contributed by atoms with E-state index in [2.05, 4.69) is 4.90 Å². The van der Waals surface area contributed by atoms with Crippen molar-refractivity contribution < 1.29 is 14.3 Å². The molecule has 1 saturated heterocycles. The SMILES string of the molecule is CCCC(C)(N)C(=O)N1CCN(C(C)CC(=O)OC)CC1.Cl. The first-order chi connectivity index (χ1) is 9.81. The predicted octanol–water partition coefficient (Wildman–Crippen LogP) is 1.02.